The van der Waals surface area contributed by atoms with Crippen LogP contribution in [0.2, 0.25) is 0 Å². The van der Waals surface area contributed by atoms with Gasteiger partial charge >= 0.3 is 7.82 Å². The van der Waals surface area contributed by atoms with E-state index >= 15 is 0 Å². The van der Waals surface area contributed by atoms with E-state index < -0.39 is 20.0 Å². The van der Waals surface area contributed by atoms with E-state index in [1.807, 2.05) is 0 Å². The van der Waals surface area contributed by atoms with Gasteiger partial charge in [0, 0.05) is 13.0 Å². The predicted molar refractivity (Wildman–Crippen MR) is 175 cm³/mol. The van der Waals surface area contributed by atoms with Gasteiger partial charge in [-0.25, -0.2) is 4.57 Å². The first-order valence-corrected chi connectivity index (χ1v) is 19.1. The highest BCUT2D eigenvalue weighted by atomic mass is 31.2. The largest absolute Gasteiger partial charge is 0.472 e. The molecule has 0 radical (unpaired) electrons. The molecule has 1 amide bonds. The Bertz CT molecular complexity index is 640. The van der Waals surface area contributed by atoms with Crippen LogP contribution in [0, 0.1) is 0 Å². The lowest BCUT2D eigenvalue weighted by molar-refractivity contribution is -0.123. The molecule has 1 unspecified atom stereocenters. The molecule has 0 bridgehead atoms. The fourth-order valence-electron chi connectivity index (χ4n) is 5.25. The van der Waals surface area contributed by atoms with Crippen LogP contribution >= 0.6 is 7.82 Å². The first kappa shape index (κ1) is 41.5. The summed E-state index contributed by atoms with van der Waals surface area (Å²) in [5.74, 6) is -0.164. The number of hydrogen-bond acceptors (Lipinski definition) is 6. The van der Waals surface area contributed by atoms with Crippen LogP contribution in [0.3, 0.4) is 0 Å². The minimum Gasteiger partial charge on any atom is -0.391 e. The summed E-state index contributed by atoms with van der Waals surface area (Å²) < 4.78 is 22.0. The van der Waals surface area contributed by atoms with E-state index in [1.165, 1.54) is 109 Å². The second-order valence-electron chi connectivity index (χ2n) is 12.1. The molecule has 0 aliphatic heterocycles. The Labute approximate surface area is 259 Å². The molecule has 0 spiro atoms. The number of aliphatic hydroxyl groups excluding tert-OH is 1. The molecule has 0 aromatic heterocycles. The molecule has 0 aliphatic carbocycles. The van der Waals surface area contributed by atoms with Crippen LogP contribution < -0.4 is 11.1 Å². The Balaban J connectivity index is 4.28. The molecule has 8 nitrogen and oxygen atoms in total. The summed E-state index contributed by atoms with van der Waals surface area (Å²) in [6, 6.07) is -0.764. The molecule has 252 valence electrons. The zero-order valence-electron chi connectivity index (χ0n) is 27.5. The lowest BCUT2D eigenvalue weighted by Crippen LogP contribution is -2.46. The van der Waals surface area contributed by atoms with Gasteiger partial charge in [0.2, 0.25) is 5.91 Å². The van der Waals surface area contributed by atoms with Crippen LogP contribution in [0.5, 0.6) is 0 Å². The van der Waals surface area contributed by atoms with Crippen molar-refractivity contribution in [1.82, 2.24) is 5.32 Å². The minimum absolute atomic E-state index is 0.0919. The topological polar surface area (TPSA) is 131 Å². The maximum atomic E-state index is 12.6. The standard InChI is InChI=1S/C33H69N2O6P/c1-3-5-7-9-11-13-15-16-17-18-20-22-24-26-32(36)31(30-41-42(38,39)40-29-28-34)35-33(37)27-25-23-21-19-14-12-10-8-6-4-2/h31-32,36H,3-30,34H2,1-2H3,(H,35,37)(H,38,39)/t31-,32+/m0/s1. The monoisotopic (exact) mass is 620 g/mol. The van der Waals surface area contributed by atoms with Gasteiger partial charge in [-0.15, -0.1) is 0 Å². The molecule has 5 N–H and O–H groups in total. The number of unbranched alkanes of at least 4 members (excludes halogenated alkanes) is 21. The average Bonchev–Trinajstić information content (AvgIpc) is 2.97. The maximum absolute atomic E-state index is 12.6. The molecule has 0 aromatic rings. The van der Waals surface area contributed by atoms with Crippen LogP contribution in [-0.4, -0.2) is 47.8 Å². The minimum atomic E-state index is -4.29. The lowest BCUT2D eigenvalue weighted by atomic mass is 10.0. The lowest BCUT2D eigenvalue weighted by Gasteiger charge is -2.25. The van der Waals surface area contributed by atoms with Crippen LogP contribution in [0.15, 0.2) is 0 Å². The first-order valence-electron chi connectivity index (χ1n) is 17.7. The van der Waals surface area contributed by atoms with Crippen LogP contribution in [0.4, 0.5) is 0 Å². The second-order valence-corrected chi connectivity index (χ2v) is 13.5. The van der Waals surface area contributed by atoms with Gasteiger partial charge in [-0.2, -0.15) is 0 Å². The highest BCUT2D eigenvalue weighted by Crippen LogP contribution is 2.43. The molecule has 0 heterocycles. The third-order valence-electron chi connectivity index (χ3n) is 7.96. The number of carbonyl (C=O) groups is 1. The third kappa shape index (κ3) is 28.3. The van der Waals surface area contributed by atoms with Crippen LogP contribution in [-0.2, 0) is 18.4 Å². The molecule has 3 atom stereocenters. The number of rotatable bonds is 33. The van der Waals surface area contributed by atoms with Crippen molar-refractivity contribution < 1.29 is 28.4 Å². The van der Waals surface area contributed by atoms with Crippen molar-refractivity contribution in [1.29, 1.82) is 0 Å². The summed E-state index contributed by atoms with van der Waals surface area (Å²) in [6.45, 7) is 4.18. The smallest absolute Gasteiger partial charge is 0.391 e. The Morgan fingerprint density at radius 2 is 1.10 bits per heavy atom. The fourth-order valence-corrected chi connectivity index (χ4v) is 6.01. The first-order chi connectivity index (χ1) is 20.4. The van der Waals surface area contributed by atoms with E-state index in [1.54, 1.807) is 0 Å². The number of nitrogens with two attached hydrogens (primary N) is 1. The molecule has 0 saturated heterocycles. The number of nitrogens with one attached hydrogen (secondary N) is 1. The molecular formula is C33H69N2O6P. The highest BCUT2D eigenvalue weighted by Gasteiger charge is 2.27. The maximum Gasteiger partial charge on any atom is 0.472 e. The van der Waals surface area contributed by atoms with E-state index in [9.17, 15) is 19.4 Å². The fraction of sp³-hybridized carbons (Fsp3) is 0.970. The molecular weight excluding hydrogens is 551 g/mol. The molecule has 0 fully saturated rings. The van der Waals surface area contributed by atoms with Gasteiger partial charge in [0.15, 0.2) is 0 Å². The van der Waals surface area contributed by atoms with Gasteiger partial charge in [0.25, 0.3) is 0 Å². The zero-order chi connectivity index (χ0) is 31.2. The van der Waals surface area contributed by atoms with Crippen molar-refractivity contribution in [3.05, 3.63) is 0 Å². The molecule has 0 saturated carbocycles. The number of aliphatic hydroxyl groups is 1. The van der Waals surface area contributed by atoms with Crippen LogP contribution in [0.25, 0.3) is 0 Å². The van der Waals surface area contributed by atoms with Crippen LogP contribution in [0.1, 0.15) is 174 Å². The Hall–Kier alpha value is -0.500. The van der Waals surface area contributed by atoms with Crippen molar-refractivity contribution in [2.75, 3.05) is 19.8 Å². The molecule has 42 heavy (non-hydrogen) atoms. The summed E-state index contributed by atoms with van der Waals surface area (Å²) in [5, 5.41) is 13.7. The van der Waals surface area contributed by atoms with E-state index in [2.05, 4.69) is 19.2 Å². The third-order valence-corrected chi connectivity index (χ3v) is 8.95. The summed E-state index contributed by atoms with van der Waals surface area (Å²) in [6.07, 6.45) is 28.2. The van der Waals surface area contributed by atoms with Gasteiger partial charge in [-0.3, -0.25) is 13.8 Å². The summed E-state index contributed by atoms with van der Waals surface area (Å²) in [4.78, 5) is 22.5. The molecule has 9 heteroatoms. The van der Waals surface area contributed by atoms with Crippen molar-refractivity contribution in [2.45, 2.75) is 187 Å². The summed E-state index contributed by atoms with van der Waals surface area (Å²) in [5.41, 5.74) is 5.35. The van der Waals surface area contributed by atoms with Gasteiger partial charge in [-0.05, 0) is 12.8 Å². The number of phosphoric ester groups is 1. The zero-order valence-corrected chi connectivity index (χ0v) is 28.4. The van der Waals surface area contributed by atoms with Gasteiger partial charge in [0.1, 0.15) is 0 Å². The van der Waals surface area contributed by atoms with Crippen molar-refractivity contribution in [3.8, 4) is 0 Å². The van der Waals surface area contributed by atoms with Crippen molar-refractivity contribution in [2.24, 2.45) is 5.73 Å². The number of phosphoric acid groups is 1. The molecule has 0 aliphatic rings. The van der Waals surface area contributed by atoms with E-state index in [0.29, 0.717) is 12.8 Å². The van der Waals surface area contributed by atoms with E-state index in [-0.39, 0.29) is 25.7 Å². The Kier molecular flexibility index (Phi) is 30.2. The normalized spacial score (nSPS) is 14.5. The van der Waals surface area contributed by atoms with Gasteiger partial charge < -0.3 is 21.1 Å². The second kappa shape index (κ2) is 30.5. The predicted octanol–water partition coefficient (Wildman–Crippen LogP) is 8.72. The van der Waals surface area contributed by atoms with Crippen molar-refractivity contribution in [3.63, 3.8) is 0 Å². The summed E-state index contributed by atoms with van der Waals surface area (Å²) >= 11 is 0. The van der Waals surface area contributed by atoms with Crippen molar-refractivity contribution >= 4 is 13.7 Å². The van der Waals surface area contributed by atoms with E-state index in [0.717, 1.165) is 38.5 Å². The van der Waals surface area contributed by atoms with E-state index in [4.69, 9.17) is 14.8 Å². The number of carbonyl (C=O) groups excluding carboxylic acids is 1. The van der Waals surface area contributed by atoms with Gasteiger partial charge in [-0.1, -0.05) is 155 Å². The summed E-state index contributed by atoms with van der Waals surface area (Å²) in [7, 11) is -4.29. The Morgan fingerprint density at radius 3 is 1.52 bits per heavy atom. The number of hydrogen-bond donors (Lipinski definition) is 4. The highest BCUT2D eigenvalue weighted by molar-refractivity contribution is 7.47. The number of amides is 1. The van der Waals surface area contributed by atoms with Gasteiger partial charge in [0.05, 0.1) is 25.4 Å². The molecule has 0 aromatic carbocycles. The Morgan fingerprint density at radius 1 is 0.690 bits per heavy atom. The average molecular weight is 621 g/mol. The molecule has 0 rings (SSSR count). The quantitative estimate of drug-likeness (QED) is 0.0426. The SMILES string of the molecule is CCCCCCCCCCCCCCC[C@@H](O)[C@H](COP(=O)(O)OCCN)NC(=O)CCCCCCCCCCCC.